The first-order chi connectivity index (χ1) is 10.7. The van der Waals surface area contributed by atoms with Crippen molar-refractivity contribution in [3.05, 3.63) is 29.8 Å². The van der Waals surface area contributed by atoms with Gasteiger partial charge in [-0.05, 0) is 43.5 Å². The molecule has 120 valence electrons. The molecule has 1 N–H and O–H groups in total. The molecule has 1 saturated heterocycles. The quantitative estimate of drug-likeness (QED) is 0.749. The van der Waals surface area contributed by atoms with E-state index >= 15 is 0 Å². The molecule has 0 radical (unpaired) electrons. The van der Waals surface area contributed by atoms with E-state index in [1.54, 1.807) is 24.3 Å². The Morgan fingerprint density at radius 2 is 2.09 bits per heavy atom. The highest BCUT2D eigenvalue weighted by Crippen LogP contribution is 2.15. The minimum absolute atomic E-state index is 0.0212. The highest BCUT2D eigenvalue weighted by molar-refractivity contribution is 5.95. The van der Waals surface area contributed by atoms with Crippen molar-refractivity contribution in [3.8, 4) is 5.75 Å². The third-order valence-corrected chi connectivity index (χ3v) is 3.68. The molecule has 1 aliphatic heterocycles. The number of carbonyl (C=O) groups excluding carboxylic acids is 2. The fraction of sp³-hybridized carbons (Fsp3) is 0.529. The first kappa shape index (κ1) is 16.5. The Labute approximate surface area is 131 Å². The lowest BCUT2D eigenvalue weighted by Crippen LogP contribution is -2.31. The second-order valence-corrected chi connectivity index (χ2v) is 5.36. The normalized spacial score (nSPS) is 17.2. The van der Waals surface area contributed by atoms with Gasteiger partial charge < -0.3 is 14.8 Å². The minimum atomic E-state index is -0.147. The maximum absolute atomic E-state index is 11.7. The van der Waals surface area contributed by atoms with Crippen LogP contribution in [0.3, 0.4) is 0 Å². The van der Waals surface area contributed by atoms with E-state index in [1.807, 2.05) is 6.92 Å². The van der Waals surface area contributed by atoms with Crippen LogP contribution < -0.4 is 10.1 Å². The van der Waals surface area contributed by atoms with Crippen molar-refractivity contribution in [2.75, 3.05) is 19.8 Å². The molecule has 1 aliphatic rings. The maximum atomic E-state index is 11.7. The fourth-order valence-corrected chi connectivity index (χ4v) is 2.39. The second-order valence-electron chi connectivity index (χ2n) is 5.36. The van der Waals surface area contributed by atoms with Crippen LogP contribution in [0.4, 0.5) is 0 Å². The van der Waals surface area contributed by atoms with E-state index in [0.29, 0.717) is 24.3 Å². The third-order valence-electron chi connectivity index (χ3n) is 3.68. The molecule has 5 nitrogen and oxygen atoms in total. The average molecular weight is 305 g/mol. The number of rotatable bonds is 8. The largest absolute Gasteiger partial charge is 0.484 e. The van der Waals surface area contributed by atoms with Crippen molar-refractivity contribution in [1.82, 2.24) is 5.32 Å². The number of nitrogens with one attached hydrogen (secondary N) is 1. The van der Waals surface area contributed by atoms with Crippen molar-refractivity contribution < 1.29 is 19.1 Å². The summed E-state index contributed by atoms with van der Waals surface area (Å²) in [6, 6.07) is 6.86. The molecule has 1 fully saturated rings. The van der Waals surface area contributed by atoms with Crippen LogP contribution in [-0.2, 0) is 9.53 Å². The summed E-state index contributed by atoms with van der Waals surface area (Å²) >= 11 is 0. The van der Waals surface area contributed by atoms with Crippen LogP contribution in [0.5, 0.6) is 5.75 Å². The molecule has 0 aromatic heterocycles. The number of carbonyl (C=O) groups is 2. The molecule has 2 rings (SSSR count). The number of Topliss-reactive ketones (excluding diaryl/α,β-unsaturated/α-hetero) is 1. The van der Waals surface area contributed by atoms with Crippen molar-refractivity contribution in [2.24, 2.45) is 0 Å². The summed E-state index contributed by atoms with van der Waals surface area (Å²) in [7, 11) is 0. The molecule has 1 unspecified atom stereocenters. The summed E-state index contributed by atoms with van der Waals surface area (Å²) in [6.07, 6.45) is 3.80. The molecule has 5 heteroatoms. The van der Waals surface area contributed by atoms with E-state index in [1.165, 1.54) is 0 Å². The molecule has 0 saturated carbocycles. The molecule has 22 heavy (non-hydrogen) atoms. The summed E-state index contributed by atoms with van der Waals surface area (Å²) < 4.78 is 10.9. The van der Waals surface area contributed by atoms with E-state index in [-0.39, 0.29) is 24.4 Å². The predicted octanol–water partition coefficient (Wildman–Crippen LogP) is 2.34. The van der Waals surface area contributed by atoms with Gasteiger partial charge in [0.05, 0.1) is 6.10 Å². The van der Waals surface area contributed by atoms with E-state index < -0.39 is 0 Å². The van der Waals surface area contributed by atoms with Crippen molar-refractivity contribution >= 4 is 11.7 Å². The van der Waals surface area contributed by atoms with Gasteiger partial charge in [-0.15, -0.1) is 0 Å². The van der Waals surface area contributed by atoms with E-state index in [0.717, 1.165) is 25.9 Å². The second kappa shape index (κ2) is 8.54. The lowest BCUT2D eigenvalue weighted by molar-refractivity contribution is -0.123. The first-order valence-electron chi connectivity index (χ1n) is 7.83. The summed E-state index contributed by atoms with van der Waals surface area (Å²) in [5, 5.41) is 2.82. The van der Waals surface area contributed by atoms with Gasteiger partial charge in [0.2, 0.25) is 0 Å². The van der Waals surface area contributed by atoms with Gasteiger partial charge >= 0.3 is 0 Å². The summed E-state index contributed by atoms with van der Waals surface area (Å²) in [6.45, 7) is 3.25. The monoisotopic (exact) mass is 305 g/mol. The van der Waals surface area contributed by atoms with Crippen molar-refractivity contribution in [3.63, 3.8) is 0 Å². The van der Waals surface area contributed by atoms with Crippen LogP contribution >= 0.6 is 0 Å². The van der Waals surface area contributed by atoms with Crippen molar-refractivity contribution in [1.29, 1.82) is 0 Å². The topological polar surface area (TPSA) is 64.6 Å². The van der Waals surface area contributed by atoms with Crippen molar-refractivity contribution in [2.45, 2.75) is 38.7 Å². The van der Waals surface area contributed by atoms with Crippen LogP contribution in [-0.4, -0.2) is 37.6 Å². The predicted molar refractivity (Wildman–Crippen MR) is 83.2 cm³/mol. The number of ether oxygens (including phenoxy) is 2. The van der Waals surface area contributed by atoms with Gasteiger partial charge in [-0.3, -0.25) is 9.59 Å². The third kappa shape index (κ3) is 5.15. The van der Waals surface area contributed by atoms with E-state index in [2.05, 4.69) is 5.32 Å². The van der Waals surface area contributed by atoms with Gasteiger partial charge in [-0.25, -0.2) is 0 Å². The molecular formula is C17H23NO4. The molecule has 1 amide bonds. The zero-order valence-corrected chi connectivity index (χ0v) is 13.0. The Morgan fingerprint density at radius 3 is 2.73 bits per heavy atom. The first-order valence-corrected chi connectivity index (χ1v) is 7.83. The molecular weight excluding hydrogens is 282 g/mol. The lowest BCUT2D eigenvalue weighted by Gasteiger charge is -2.11. The van der Waals surface area contributed by atoms with E-state index in [9.17, 15) is 9.59 Å². The zero-order chi connectivity index (χ0) is 15.8. The Hall–Kier alpha value is -1.88. The molecule has 1 aromatic rings. The van der Waals surface area contributed by atoms with Gasteiger partial charge in [0.1, 0.15) is 5.75 Å². The van der Waals surface area contributed by atoms with Gasteiger partial charge in [-0.2, -0.15) is 0 Å². The Morgan fingerprint density at radius 1 is 1.32 bits per heavy atom. The van der Waals surface area contributed by atoms with Crippen LogP contribution in [0, 0.1) is 0 Å². The van der Waals surface area contributed by atoms with Crippen LogP contribution in [0.2, 0.25) is 0 Å². The number of amides is 1. The fourth-order valence-electron chi connectivity index (χ4n) is 2.39. The summed E-state index contributed by atoms with van der Waals surface area (Å²) in [5.74, 6) is 0.534. The standard InChI is InChI=1S/C17H23NO4/c1-2-16(19)13-5-7-15(8-6-13)22-12-17(20)18-10-9-14-4-3-11-21-14/h5-8,14H,2-4,9-12H2,1H3,(H,18,20). The Balaban J connectivity index is 1.66. The summed E-state index contributed by atoms with van der Waals surface area (Å²) in [5.41, 5.74) is 0.663. The lowest BCUT2D eigenvalue weighted by atomic mass is 10.1. The van der Waals surface area contributed by atoms with Gasteiger partial charge in [0.15, 0.2) is 12.4 Å². The minimum Gasteiger partial charge on any atom is -0.484 e. The van der Waals surface area contributed by atoms with Gasteiger partial charge in [0, 0.05) is 25.1 Å². The molecule has 1 heterocycles. The van der Waals surface area contributed by atoms with E-state index in [4.69, 9.17) is 9.47 Å². The van der Waals surface area contributed by atoms with Crippen LogP contribution in [0.1, 0.15) is 43.0 Å². The molecule has 0 bridgehead atoms. The van der Waals surface area contributed by atoms with Crippen LogP contribution in [0.15, 0.2) is 24.3 Å². The molecule has 1 atom stereocenters. The number of benzene rings is 1. The Bertz CT molecular complexity index is 492. The number of ketones is 1. The molecule has 0 spiro atoms. The highest BCUT2D eigenvalue weighted by Gasteiger charge is 2.15. The SMILES string of the molecule is CCC(=O)c1ccc(OCC(=O)NCCC2CCCO2)cc1. The number of hydrogen-bond acceptors (Lipinski definition) is 4. The number of hydrogen-bond donors (Lipinski definition) is 1. The van der Waals surface area contributed by atoms with Gasteiger partial charge in [0.25, 0.3) is 5.91 Å². The average Bonchev–Trinajstić information content (AvgIpc) is 3.06. The highest BCUT2D eigenvalue weighted by atomic mass is 16.5. The zero-order valence-electron chi connectivity index (χ0n) is 13.0. The molecule has 0 aliphatic carbocycles. The van der Waals surface area contributed by atoms with Gasteiger partial charge in [-0.1, -0.05) is 6.92 Å². The maximum Gasteiger partial charge on any atom is 0.257 e. The molecule has 1 aromatic carbocycles. The smallest absolute Gasteiger partial charge is 0.257 e. The summed E-state index contributed by atoms with van der Waals surface area (Å²) in [4.78, 5) is 23.2. The van der Waals surface area contributed by atoms with Crippen LogP contribution in [0.25, 0.3) is 0 Å². The Kier molecular flexibility index (Phi) is 6.40.